The minimum Gasteiger partial charge on any atom is -0.325 e. The molecule has 2 amide bonds. The minimum absolute atomic E-state index is 0.0417. The molecule has 1 aromatic rings. The predicted octanol–water partition coefficient (Wildman–Crippen LogP) is 2.41. The number of rotatable bonds is 4. The van der Waals surface area contributed by atoms with Crippen molar-refractivity contribution in [2.45, 2.75) is 44.1 Å². The standard InChI is InChI=1S/C19H22N2O2S/c1-4-11-20(12-15-7-5-14(2)6-8-15)18(23)16-13-24-19(3)10-9-17(22)21(16)19/h1,5-8,16H,9-13H2,2-3H3. The Bertz CT molecular complexity index is 694. The van der Waals surface area contributed by atoms with Crippen LogP contribution in [0.2, 0.25) is 0 Å². The van der Waals surface area contributed by atoms with Gasteiger partial charge in [0.25, 0.3) is 0 Å². The summed E-state index contributed by atoms with van der Waals surface area (Å²) < 4.78 is 0. The Morgan fingerprint density at radius 3 is 2.83 bits per heavy atom. The van der Waals surface area contributed by atoms with Crippen molar-refractivity contribution in [3.63, 3.8) is 0 Å². The van der Waals surface area contributed by atoms with E-state index in [0.717, 1.165) is 12.0 Å². The van der Waals surface area contributed by atoms with Crippen molar-refractivity contribution in [1.82, 2.24) is 9.80 Å². The first-order valence-corrected chi connectivity index (χ1v) is 9.17. The molecule has 2 fully saturated rings. The van der Waals surface area contributed by atoms with Crippen LogP contribution < -0.4 is 0 Å². The van der Waals surface area contributed by atoms with E-state index in [9.17, 15) is 9.59 Å². The Hall–Kier alpha value is -1.93. The average molecular weight is 342 g/mol. The molecule has 5 heteroatoms. The number of terminal acetylenes is 1. The quantitative estimate of drug-likeness (QED) is 0.789. The van der Waals surface area contributed by atoms with E-state index in [1.54, 1.807) is 21.6 Å². The highest BCUT2D eigenvalue weighted by Crippen LogP contribution is 2.47. The highest BCUT2D eigenvalue weighted by molar-refractivity contribution is 8.01. The Morgan fingerprint density at radius 2 is 2.17 bits per heavy atom. The third kappa shape index (κ3) is 3.03. The zero-order chi connectivity index (χ0) is 17.3. The molecule has 3 rings (SSSR count). The van der Waals surface area contributed by atoms with Crippen molar-refractivity contribution >= 4 is 23.6 Å². The van der Waals surface area contributed by atoms with Gasteiger partial charge >= 0.3 is 0 Å². The summed E-state index contributed by atoms with van der Waals surface area (Å²) in [5.74, 6) is 3.27. The van der Waals surface area contributed by atoms with E-state index in [2.05, 4.69) is 12.8 Å². The molecule has 0 saturated carbocycles. The molecule has 1 aromatic carbocycles. The molecule has 2 atom stereocenters. The lowest BCUT2D eigenvalue weighted by Crippen LogP contribution is -2.51. The highest BCUT2D eigenvalue weighted by atomic mass is 32.2. The summed E-state index contributed by atoms with van der Waals surface area (Å²) in [4.78, 5) is 28.6. The van der Waals surface area contributed by atoms with E-state index >= 15 is 0 Å². The van der Waals surface area contributed by atoms with E-state index in [4.69, 9.17) is 6.42 Å². The van der Waals surface area contributed by atoms with Crippen LogP contribution in [0.5, 0.6) is 0 Å². The van der Waals surface area contributed by atoms with Gasteiger partial charge in [-0.25, -0.2) is 0 Å². The topological polar surface area (TPSA) is 40.6 Å². The first-order valence-electron chi connectivity index (χ1n) is 8.18. The van der Waals surface area contributed by atoms with Crippen LogP contribution in [-0.4, -0.2) is 44.8 Å². The number of thioether (sulfide) groups is 1. The third-order valence-electron chi connectivity index (χ3n) is 4.82. The molecule has 2 unspecified atom stereocenters. The number of hydrogen-bond donors (Lipinski definition) is 0. The van der Waals surface area contributed by atoms with E-state index in [1.807, 2.05) is 31.2 Å². The van der Waals surface area contributed by atoms with Crippen molar-refractivity contribution < 1.29 is 9.59 Å². The average Bonchev–Trinajstić information content (AvgIpc) is 3.05. The summed E-state index contributed by atoms with van der Waals surface area (Å²) in [5, 5.41) is 0. The first-order chi connectivity index (χ1) is 11.4. The molecule has 2 aliphatic heterocycles. The third-order valence-corrected chi connectivity index (χ3v) is 6.32. The van der Waals surface area contributed by atoms with Crippen LogP contribution in [0.25, 0.3) is 0 Å². The van der Waals surface area contributed by atoms with Crippen molar-refractivity contribution in [1.29, 1.82) is 0 Å². The molecular formula is C19H22N2O2S. The lowest BCUT2D eigenvalue weighted by Gasteiger charge is -2.32. The van der Waals surface area contributed by atoms with Crippen LogP contribution in [0.15, 0.2) is 24.3 Å². The Balaban J connectivity index is 1.78. The maximum Gasteiger partial charge on any atom is 0.247 e. The number of fused-ring (bicyclic) bond motifs is 1. The summed E-state index contributed by atoms with van der Waals surface area (Å²) in [6.45, 7) is 4.82. The van der Waals surface area contributed by atoms with Gasteiger partial charge in [-0.05, 0) is 25.8 Å². The number of amides is 2. The van der Waals surface area contributed by atoms with Gasteiger partial charge in [-0.15, -0.1) is 18.2 Å². The number of hydrogen-bond acceptors (Lipinski definition) is 3. The molecule has 0 N–H and O–H groups in total. The molecular weight excluding hydrogens is 320 g/mol. The van der Waals surface area contributed by atoms with Gasteiger partial charge in [0.2, 0.25) is 11.8 Å². The molecule has 4 nitrogen and oxygen atoms in total. The maximum absolute atomic E-state index is 13.1. The first kappa shape index (κ1) is 16.9. The fourth-order valence-electron chi connectivity index (χ4n) is 3.45. The molecule has 126 valence electrons. The second kappa shape index (κ2) is 6.52. The van der Waals surface area contributed by atoms with Crippen molar-refractivity contribution in [3.05, 3.63) is 35.4 Å². The molecule has 2 aliphatic rings. The summed E-state index contributed by atoms with van der Waals surface area (Å²) in [5.41, 5.74) is 2.23. The smallest absolute Gasteiger partial charge is 0.247 e. The molecule has 2 saturated heterocycles. The number of carbonyl (C=O) groups excluding carboxylic acids is 2. The lowest BCUT2D eigenvalue weighted by atomic mass is 10.1. The molecule has 0 spiro atoms. The molecule has 24 heavy (non-hydrogen) atoms. The highest BCUT2D eigenvalue weighted by Gasteiger charge is 2.53. The second-order valence-corrected chi connectivity index (χ2v) is 8.15. The normalized spacial score (nSPS) is 25.5. The van der Waals surface area contributed by atoms with Crippen LogP contribution in [-0.2, 0) is 16.1 Å². The number of carbonyl (C=O) groups is 2. The van der Waals surface area contributed by atoms with Crippen LogP contribution in [0.4, 0.5) is 0 Å². The maximum atomic E-state index is 13.1. The van der Waals surface area contributed by atoms with Crippen LogP contribution >= 0.6 is 11.8 Å². The molecule has 0 bridgehead atoms. The van der Waals surface area contributed by atoms with E-state index in [1.165, 1.54) is 5.56 Å². The number of nitrogens with zero attached hydrogens (tertiary/aromatic N) is 2. The van der Waals surface area contributed by atoms with Gasteiger partial charge in [0.1, 0.15) is 6.04 Å². The summed E-state index contributed by atoms with van der Waals surface area (Å²) in [6, 6.07) is 7.69. The van der Waals surface area contributed by atoms with Crippen molar-refractivity contribution in [3.8, 4) is 12.3 Å². The molecule has 2 heterocycles. The van der Waals surface area contributed by atoms with Gasteiger partial charge in [-0.2, -0.15) is 0 Å². The van der Waals surface area contributed by atoms with Crippen LogP contribution in [0.3, 0.4) is 0 Å². The van der Waals surface area contributed by atoms with Crippen LogP contribution in [0, 0.1) is 19.3 Å². The van der Waals surface area contributed by atoms with Gasteiger partial charge in [-0.1, -0.05) is 35.7 Å². The Kier molecular flexibility index (Phi) is 4.60. The van der Waals surface area contributed by atoms with E-state index in [0.29, 0.717) is 18.7 Å². The van der Waals surface area contributed by atoms with Gasteiger partial charge in [0, 0.05) is 18.7 Å². The zero-order valence-electron chi connectivity index (χ0n) is 14.1. The monoisotopic (exact) mass is 342 g/mol. The molecule has 0 radical (unpaired) electrons. The summed E-state index contributed by atoms with van der Waals surface area (Å²) >= 11 is 1.71. The largest absolute Gasteiger partial charge is 0.325 e. The van der Waals surface area contributed by atoms with Crippen LogP contribution in [0.1, 0.15) is 30.9 Å². The second-order valence-electron chi connectivity index (χ2n) is 6.65. The lowest BCUT2D eigenvalue weighted by molar-refractivity contribution is -0.143. The van der Waals surface area contributed by atoms with E-state index in [-0.39, 0.29) is 23.2 Å². The predicted molar refractivity (Wildman–Crippen MR) is 96.2 cm³/mol. The molecule has 0 aromatic heterocycles. The van der Waals surface area contributed by atoms with Crippen molar-refractivity contribution in [2.75, 3.05) is 12.3 Å². The Labute approximate surface area is 147 Å². The SMILES string of the molecule is C#CCN(Cc1ccc(C)cc1)C(=O)C1CSC2(C)CCC(=O)N12. The summed E-state index contributed by atoms with van der Waals surface area (Å²) in [6.07, 6.45) is 6.82. The van der Waals surface area contributed by atoms with Gasteiger partial charge in [-0.3, -0.25) is 9.59 Å². The Morgan fingerprint density at radius 1 is 1.46 bits per heavy atom. The zero-order valence-corrected chi connectivity index (χ0v) is 14.9. The molecule has 0 aliphatic carbocycles. The van der Waals surface area contributed by atoms with Gasteiger partial charge in [0.15, 0.2) is 0 Å². The number of benzene rings is 1. The minimum atomic E-state index is -0.395. The van der Waals surface area contributed by atoms with Crippen molar-refractivity contribution in [2.24, 2.45) is 0 Å². The fourth-order valence-corrected chi connectivity index (χ4v) is 4.87. The summed E-state index contributed by atoms with van der Waals surface area (Å²) in [7, 11) is 0. The van der Waals surface area contributed by atoms with Gasteiger partial charge in [0.05, 0.1) is 11.4 Å². The number of aryl methyl sites for hydroxylation is 1. The van der Waals surface area contributed by atoms with E-state index < -0.39 is 6.04 Å². The van der Waals surface area contributed by atoms with Gasteiger partial charge < -0.3 is 9.80 Å². The fraction of sp³-hybridized carbons (Fsp3) is 0.474.